The number of nitrogens with zero attached hydrogens (tertiary/aromatic N) is 4. The number of hydrogen-bond donors (Lipinski definition) is 0. The minimum Gasteiger partial charge on any atom is -0.456 e. The molecule has 0 N–H and O–H groups in total. The van der Waals surface area contributed by atoms with Gasteiger partial charge in [-0.1, -0.05) is 115 Å². The van der Waals surface area contributed by atoms with Crippen LogP contribution in [0.5, 0.6) is 0 Å². The zero-order valence-electron chi connectivity index (χ0n) is 30.9. The number of furan rings is 2. The van der Waals surface area contributed by atoms with Crippen LogP contribution in [-0.2, 0) is 0 Å². The Morgan fingerprint density at radius 2 is 1.00 bits per heavy atom. The van der Waals surface area contributed by atoms with E-state index in [-0.39, 0.29) is 0 Å². The summed E-state index contributed by atoms with van der Waals surface area (Å²) in [4.78, 5) is 20.4. The molecule has 0 aliphatic carbocycles. The first-order valence-corrected chi connectivity index (χ1v) is 19.3. The van der Waals surface area contributed by atoms with Crippen LogP contribution in [0.2, 0.25) is 0 Å². The standard InChI is InChI=1S/C52H30N4O2/c1-2-11-31(12-3-1)32-14-8-15-35(25-32)50-54-51(36-22-23-41-40-18-6-7-20-45(40)57-47(41)29-36)56-52(55-50)42-27-37(26-33-13-4-5-17-38(33)42)39-19-9-21-46-49(39)43-30-44-34(16-10-24-53-44)28-48(43)58-46/h1-30H. The first-order valence-electron chi connectivity index (χ1n) is 19.3. The van der Waals surface area contributed by atoms with Crippen molar-refractivity contribution in [3.05, 3.63) is 182 Å². The molecule has 8 aromatic carbocycles. The van der Waals surface area contributed by atoms with E-state index in [0.29, 0.717) is 17.5 Å². The lowest BCUT2D eigenvalue weighted by Gasteiger charge is -2.13. The second kappa shape index (κ2) is 12.8. The van der Waals surface area contributed by atoms with Crippen molar-refractivity contribution in [2.75, 3.05) is 0 Å². The van der Waals surface area contributed by atoms with Gasteiger partial charge in [-0.3, -0.25) is 4.98 Å². The van der Waals surface area contributed by atoms with Crippen LogP contribution >= 0.6 is 0 Å². The van der Waals surface area contributed by atoms with Crippen molar-refractivity contribution >= 4 is 65.6 Å². The van der Waals surface area contributed by atoms with Crippen LogP contribution in [0.25, 0.3) is 122 Å². The summed E-state index contributed by atoms with van der Waals surface area (Å²) < 4.78 is 12.8. The lowest BCUT2D eigenvalue weighted by atomic mass is 9.93. The lowest BCUT2D eigenvalue weighted by molar-refractivity contribution is 0.669. The fourth-order valence-electron chi connectivity index (χ4n) is 8.37. The van der Waals surface area contributed by atoms with Crippen LogP contribution in [0.4, 0.5) is 0 Å². The predicted octanol–water partition coefficient (Wildman–Crippen LogP) is 13.7. The number of hydrogen-bond acceptors (Lipinski definition) is 6. The molecule has 0 amide bonds. The average molecular weight is 743 g/mol. The highest BCUT2D eigenvalue weighted by Gasteiger charge is 2.20. The third-order valence-electron chi connectivity index (χ3n) is 11.1. The number of rotatable bonds is 5. The van der Waals surface area contributed by atoms with Crippen LogP contribution in [0.15, 0.2) is 191 Å². The molecule has 4 heterocycles. The van der Waals surface area contributed by atoms with Gasteiger partial charge in [0.25, 0.3) is 0 Å². The molecule has 0 saturated heterocycles. The summed E-state index contributed by atoms with van der Waals surface area (Å²) >= 11 is 0. The monoisotopic (exact) mass is 742 g/mol. The van der Waals surface area contributed by atoms with Gasteiger partial charge in [0.2, 0.25) is 0 Å². The van der Waals surface area contributed by atoms with Crippen LogP contribution in [0.3, 0.4) is 0 Å². The summed E-state index contributed by atoms with van der Waals surface area (Å²) in [6.45, 7) is 0. The normalized spacial score (nSPS) is 11.8. The number of pyridine rings is 1. The van der Waals surface area contributed by atoms with Gasteiger partial charge in [-0.25, -0.2) is 15.0 Å². The molecule has 270 valence electrons. The van der Waals surface area contributed by atoms with Gasteiger partial charge in [-0.2, -0.15) is 0 Å². The molecule has 0 aliphatic rings. The fourth-order valence-corrected chi connectivity index (χ4v) is 8.37. The second-order valence-electron chi connectivity index (χ2n) is 14.6. The van der Waals surface area contributed by atoms with Crippen molar-refractivity contribution in [2.45, 2.75) is 0 Å². The van der Waals surface area contributed by atoms with Crippen molar-refractivity contribution in [3.8, 4) is 56.4 Å². The van der Waals surface area contributed by atoms with Crippen LogP contribution in [0, 0.1) is 0 Å². The Morgan fingerprint density at radius 1 is 0.328 bits per heavy atom. The van der Waals surface area contributed by atoms with E-state index in [1.807, 2.05) is 48.7 Å². The fraction of sp³-hybridized carbons (Fsp3) is 0. The average Bonchev–Trinajstić information content (AvgIpc) is 3.85. The quantitative estimate of drug-likeness (QED) is 0.175. The molecular weight excluding hydrogens is 713 g/mol. The third kappa shape index (κ3) is 5.27. The highest BCUT2D eigenvalue weighted by Crippen LogP contribution is 2.41. The molecule has 0 spiro atoms. The Hall–Kier alpha value is -7.96. The topological polar surface area (TPSA) is 77.8 Å². The van der Waals surface area contributed by atoms with E-state index in [4.69, 9.17) is 23.8 Å². The zero-order valence-corrected chi connectivity index (χ0v) is 30.9. The summed E-state index contributed by atoms with van der Waals surface area (Å²) in [5.74, 6) is 1.72. The lowest BCUT2D eigenvalue weighted by Crippen LogP contribution is -2.01. The molecule has 6 nitrogen and oxygen atoms in total. The maximum atomic E-state index is 6.48. The van der Waals surface area contributed by atoms with Gasteiger partial charge in [0, 0.05) is 49.8 Å². The molecule has 0 radical (unpaired) electrons. The van der Waals surface area contributed by atoms with Gasteiger partial charge in [0.1, 0.15) is 22.3 Å². The van der Waals surface area contributed by atoms with Crippen molar-refractivity contribution in [1.29, 1.82) is 0 Å². The Kier molecular flexibility index (Phi) is 7.13. The largest absolute Gasteiger partial charge is 0.456 e. The maximum Gasteiger partial charge on any atom is 0.164 e. The molecule has 6 heteroatoms. The van der Waals surface area contributed by atoms with Crippen LogP contribution in [-0.4, -0.2) is 19.9 Å². The third-order valence-corrected chi connectivity index (χ3v) is 11.1. The Labute approximate surface area is 331 Å². The van der Waals surface area contributed by atoms with Gasteiger partial charge in [-0.05, 0) is 93.7 Å². The molecule has 0 aliphatic heterocycles. The first kappa shape index (κ1) is 32.3. The van der Waals surface area contributed by atoms with E-state index < -0.39 is 0 Å². The zero-order chi connectivity index (χ0) is 38.2. The number of para-hydroxylation sites is 1. The Bertz CT molecular complexity index is 3590. The minimum absolute atomic E-state index is 0.560. The van der Waals surface area contributed by atoms with Gasteiger partial charge in [-0.15, -0.1) is 0 Å². The van der Waals surface area contributed by atoms with Crippen molar-refractivity contribution in [2.24, 2.45) is 0 Å². The van der Waals surface area contributed by atoms with E-state index in [9.17, 15) is 0 Å². The van der Waals surface area contributed by atoms with Crippen molar-refractivity contribution < 1.29 is 8.83 Å². The number of benzene rings is 8. The van der Waals surface area contributed by atoms with E-state index in [0.717, 1.165) is 104 Å². The van der Waals surface area contributed by atoms with Crippen molar-refractivity contribution in [3.63, 3.8) is 0 Å². The smallest absolute Gasteiger partial charge is 0.164 e. The highest BCUT2D eigenvalue weighted by atomic mass is 16.3. The summed E-state index contributed by atoms with van der Waals surface area (Å²) in [7, 11) is 0. The SMILES string of the molecule is c1ccc(-c2cccc(-c3nc(-c4ccc5c(c4)oc4ccccc45)nc(-c4cc(-c5cccc6oc7cc8cccnc8cc7c56)cc5ccccc45)n3)c2)cc1. The predicted molar refractivity (Wildman–Crippen MR) is 234 cm³/mol. The molecule has 12 rings (SSSR count). The summed E-state index contributed by atoms with van der Waals surface area (Å²) in [5, 5.41) is 7.35. The number of fused-ring (bicyclic) bond motifs is 8. The molecule has 0 bridgehead atoms. The molecule has 0 atom stereocenters. The molecular formula is C52H30N4O2. The molecule has 12 aromatic rings. The van der Waals surface area contributed by atoms with Gasteiger partial charge >= 0.3 is 0 Å². The Balaban J connectivity index is 1.10. The van der Waals surface area contributed by atoms with E-state index in [1.165, 1.54) is 0 Å². The van der Waals surface area contributed by atoms with Gasteiger partial charge in [0.15, 0.2) is 17.5 Å². The maximum absolute atomic E-state index is 6.48. The highest BCUT2D eigenvalue weighted by molar-refractivity contribution is 6.16. The first-order chi connectivity index (χ1) is 28.7. The minimum atomic E-state index is 0.560. The van der Waals surface area contributed by atoms with E-state index in [1.54, 1.807) is 0 Å². The number of aromatic nitrogens is 4. The van der Waals surface area contributed by atoms with Crippen molar-refractivity contribution in [1.82, 2.24) is 19.9 Å². The molecule has 0 saturated carbocycles. The molecule has 58 heavy (non-hydrogen) atoms. The molecule has 0 unspecified atom stereocenters. The summed E-state index contributed by atoms with van der Waals surface area (Å²) in [6.07, 6.45) is 1.83. The Morgan fingerprint density at radius 3 is 1.91 bits per heavy atom. The van der Waals surface area contributed by atoms with Crippen LogP contribution in [0.1, 0.15) is 0 Å². The van der Waals surface area contributed by atoms with Gasteiger partial charge in [0.05, 0.1) is 5.52 Å². The van der Waals surface area contributed by atoms with Crippen LogP contribution < -0.4 is 0 Å². The molecule has 0 fully saturated rings. The molecule has 4 aromatic heterocycles. The second-order valence-corrected chi connectivity index (χ2v) is 14.6. The summed E-state index contributed by atoms with van der Waals surface area (Å²) in [6, 6.07) is 60.5. The van der Waals surface area contributed by atoms with E-state index >= 15 is 0 Å². The van der Waals surface area contributed by atoms with Gasteiger partial charge < -0.3 is 8.83 Å². The van der Waals surface area contributed by atoms with E-state index in [2.05, 4.69) is 138 Å². The summed E-state index contributed by atoms with van der Waals surface area (Å²) in [5.41, 5.74) is 11.1.